The lowest BCUT2D eigenvalue weighted by Gasteiger charge is -2.27. The fraction of sp³-hybridized carbons (Fsp3) is 0.519. The first kappa shape index (κ1) is 24.4. The van der Waals surface area contributed by atoms with E-state index in [1.54, 1.807) is 17.3 Å². The van der Waals surface area contributed by atoms with Crippen LogP contribution < -0.4 is 10.7 Å². The maximum absolute atomic E-state index is 13.0. The van der Waals surface area contributed by atoms with Gasteiger partial charge in [-0.3, -0.25) is 9.78 Å². The molecule has 1 aliphatic carbocycles. The number of carbonyl (C=O) groups is 1. The van der Waals surface area contributed by atoms with Crippen LogP contribution in [-0.4, -0.2) is 58.8 Å². The van der Waals surface area contributed by atoms with E-state index in [9.17, 15) is 9.90 Å². The zero-order chi connectivity index (χ0) is 23.9. The fourth-order valence-corrected chi connectivity index (χ4v) is 5.02. The van der Waals surface area contributed by atoms with Gasteiger partial charge in [0.05, 0.1) is 24.4 Å². The van der Waals surface area contributed by atoms with Crippen LogP contribution in [0.15, 0.2) is 53.9 Å². The number of hydrogen-bond donors (Lipinski definition) is 3. The van der Waals surface area contributed by atoms with Gasteiger partial charge in [0.25, 0.3) is 5.91 Å². The summed E-state index contributed by atoms with van der Waals surface area (Å²) in [5, 5.41) is 18.4. The molecule has 1 fully saturated rings. The molecule has 4 atom stereocenters. The molecule has 2 unspecified atom stereocenters. The SMILES string of the molecule is CC[C@@H](Cc1ccc(C(=O)N(C)CC2=NNC3CCCCC23)cc1)NC[C@H](O)c1cccnc1. The molecule has 182 valence electrons. The van der Waals surface area contributed by atoms with Gasteiger partial charge in [0.2, 0.25) is 0 Å². The van der Waals surface area contributed by atoms with Crippen molar-refractivity contribution in [3.63, 3.8) is 0 Å². The lowest BCUT2D eigenvalue weighted by atomic mass is 9.82. The second kappa shape index (κ2) is 11.6. The predicted molar refractivity (Wildman–Crippen MR) is 135 cm³/mol. The molecule has 1 aromatic carbocycles. The van der Waals surface area contributed by atoms with Crippen molar-refractivity contribution in [1.82, 2.24) is 20.6 Å². The molecule has 1 amide bonds. The van der Waals surface area contributed by atoms with Crippen molar-refractivity contribution in [3.8, 4) is 0 Å². The summed E-state index contributed by atoms with van der Waals surface area (Å²) in [6.45, 7) is 3.19. The molecule has 3 N–H and O–H groups in total. The fourth-order valence-electron chi connectivity index (χ4n) is 5.02. The summed E-state index contributed by atoms with van der Waals surface area (Å²) in [6.07, 6.45) is 9.45. The first-order chi connectivity index (χ1) is 16.5. The highest BCUT2D eigenvalue weighted by molar-refractivity contribution is 5.98. The smallest absolute Gasteiger partial charge is 0.253 e. The Morgan fingerprint density at radius 1 is 1.24 bits per heavy atom. The number of benzene rings is 1. The van der Waals surface area contributed by atoms with E-state index in [0.717, 1.165) is 24.1 Å². The number of aliphatic hydroxyl groups excluding tert-OH is 1. The molecule has 7 nitrogen and oxygen atoms in total. The van der Waals surface area contributed by atoms with Crippen molar-refractivity contribution in [2.45, 2.75) is 63.6 Å². The number of nitrogens with one attached hydrogen (secondary N) is 2. The number of fused-ring (bicyclic) bond motifs is 1. The van der Waals surface area contributed by atoms with Crippen LogP contribution in [0.1, 0.15) is 66.6 Å². The zero-order valence-corrected chi connectivity index (χ0v) is 20.3. The van der Waals surface area contributed by atoms with Crippen LogP contribution in [0.2, 0.25) is 0 Å². The first-order valence-corrected chi connectivity index (χ1v) is 12.5. The Bertz CT molecular complexity index is 963. The minimum absolute atomic E-state index is 0.0262. The summed E-state index contributed by atoms with van der Waals surface area (Å²) < 4.78 is 0. The van der Waals surface area contributed by atoms with Crippen molar-refractivity contribution in [2.24, 2.45) is 11.0 Å². The Balaban J connectivity index is 1.28. The first-order valence-electron chi connectivity index (χ1n) is 12.5. The molecule has 0 radical (unpaired) electrons. The zero-order valence-electron chi connectivity index (χ0n) is 20.3. The third-order valence-electron chi connectivity index (χ3n) is 7.16. The normalized spacial score (nSPS) is 21.2. The number of aromatic nitrogens is 1. The maximum atomic E-state index is 13.0. The van der Waals surface area contributed by atoms with E-state index < -0.39 is 6.10 Å². The average Bonchev–Trinajstić information content (AvgIpc) is 3.29. The minimum atomic E-state index is -0.582. The van der Waals surface area contributed by atoms with Crippen LogP contribution in [-0.2, 0) is 6.42 Å². The number of aliphatic hydroxyl groups is 1. The van der Waals surface area contributed by atoms with Crippen LogP contribution >= 0.6 is 0 Å². The van der Waals surface area contributed by atoms with Gasteiger partial charge in [-0.25, -0.2) is 0 Å². The van der Waals surface area contributed by atoms with Gasteiger partial charge in [0, 0.05) is 49.1 Å². The maximum Gasteiger partial charge on any atom is 0.253 e. The standard InChI is InChI=1S/C27H37N5O2/c1-3-22(29-17-26(33)21-7-6-14-28-16-21)15-19-10-12-20(13-11-19)27(34)32(2)18-25-23-8-4-5-9-24(23)30-31-25/h6-7,10-14,16,22-24,26,29-30,33H,3-5,8-9,15,17-18H2,1-2H3/t22-,23?,24?,26-/m0/s1. The van der Waals surface area contributed by atoms with Gasteiger partial charge in [-0.15, -0.1) is 0 Å². The van der Waals surface area contributed by atoms with Crippen LogP contribution in [0, 0.1) is 5.92 Å². The Morgan fingerprint density at radius 2 is 2.03 bits per heavy atom. The molecule has 2 heterocycles. The van der Waals surface area contributed by atoms with Crippen molar-refractivity contribution >= 4 is 11.6 Å². The minimum Gasteiger partial charge on any atom is -0.387 e. The average molecular weight is 464 g/mol. The van der Waals surface area contributed by atoms with Crippen molar-refractivity contribution in [2.75, 3.05) is 20.1 Å². The summed E-state index contributed by atoms with van der Waals surface area (Å²) in [7, 11) is 1.86. The molecule has 0 spiro atoms. The van der Waals surface area contributed by atoms with Crippen LogP contribution in [0.4, 0.5) is 0 Å². The predicted octanol–water partition coefficient (Wildman–Crippen LogP) is 3.32. The molecule has 4 rings (SSSR count). The molecule has 1 saturated carbocycles. The summed E-state index contributed by atoms with van der Waals surface area (Å²) >= 11 is 0. The second-order valence-corrected chi connectivity index (χ2v) is 9.61. The van der Waals surface area contributed by atoms with Crippen LogP contribution in [0.5, 0.6) is 0 Å². The van der Waals surface area contributed by atoms with Crippen molar-refractivity contribution in [1.29, 1.82) is 0 Å². The van der Waals surface area contributed by atoms with Crippen LogP contribution in [0.3, 0.4) is 0 Å². The summed E-state index contributed by atoms with van der Waals surface area (Å²) in [5.74, 6) is 0.500. The van der Waals surface area contributed by atoms with Crippen molar-refractivity contribution < 1.29 is 9.90 Å². The van der Waals surface area contributed by atoms with Gasteiger partial charge in [-0.1, -0.05) is 38.0 Å². The highest BCUT2D eigenvalue weighted by Crippen LogP contribution is 2.29. The van der Waals surface area contributed by atoms with Crippen LogP contribution in [0.25, 0.3) is 0 Å². The molecule has 0 saturated heterocycles. The topological polar surface area (TPSA) is 89.9 Å². The highest BCUT2D eigenvalue weighted by atomic mass is 16.3. The highest BCUT2D eigenvalue weighted by Gasteiger charge is 2.34. The largest absolute Gasteiger partial charge is 0.387 e. The van der Waals surface area contributed by atoms with E-state index in [-0.39, 0.29) is 11.9 Å². The number of hydrazone groups is 1. The lowest BCUT2D eigenvalue weighted by molar-refractivity contribution is 0.0813. The molecule has 0 bridgehead atoms. The number of rotatable bonds is 10. The Morgan fingerprint density at radius 3 is 2.76 bits per heavy atom. The van der Waals surface area contributed by atoms with E-state index in [1.807, 2.05) is 43.4 Å². The third kappa shape index (κ3) is 6.02. The summed E-state index contributed by atoms with van der Waals surface area (Å²) in [6, 6.07) is 12.3. The molecule has 2 aromatic rings. The number of amides is 1. The van der Waals surface area contributed by atoms with Gasteiger partial charge in [-0.2, -0.15) is 5.10 Å². The van der Waals surface area contributed by atoms with Gasteiger partial charge in [0.15, 0.2) is 0 Å². The Hall–Kier alpha value is -2.77. The number of nitrogens with zero attached hydrogens (tertiary/aromatic N) is 3. The van der Waals surface area contributed by atoms with Gasteiger partial charge < -0.3 is 20.7 Å². The van der Waals surface area contributed by atoms with E-state index >= 15 is 0 Å². The van der Waals surface area contributed by atoms with Gasteiger partial charge in [-0.05, 0) is 49.4 Å². The molecule has 1 aromatic heterocycles. The van der Waals surface area contributed by atoms with E-state index in [1.165, 1.54) is 31.2 Å². The Kier molecular flexibility index (Phi) is 8.29. The Labute approximate surface area is 202 Å². The monoisotopic (exact) mass is 463 g/mol. The molecular weight excluding hydrogens is 426 g/mol. The number of pyridine rings is 1. The molecule has 7 heteroatoms. The molecular formula is C27H37N5O2. The van der Waals surface area contributed by atoms with Gasteiger partial charge >= 0.3 is 0 Å². The number of hydrogen-bond acceptors (Lipinski definition) is 6. The molecule has 34 heavy (non-hydrogen) atoms. The van der Waals surface area contributed by atoms with E-state index in [0.29, 0.717) is 30.6 Å². The summed E-state index contributed by atoms with van der Waals surface area (Å²) in [4.78, 5) is 18.9. The van der Waals surface area contributed by atoms with Crippen molar-refractivity contribution in [3.05, 3.63) is 65.5 Å². The number of carbonyl (C=O) groups excluding carboxylic acids is 1. The molecule has 1 aliphatic heterocycles. The van der Waals surface area contributed by atoms with E-state index in [2.05, 4.69) is 27.8 Å². The lowest BCUT2D eigenvalue weighted by Crippen LogP contribution is -2.38. The quantitative estimate of drug-likeness (QED) is 0.503. The third-order valence-corrected chi connectivity index (χ3v) is 7.16. The van der Waals surface area contributed by atoms with Gasteiger partial charge in [0.1, 0.15) is 0 Å². The molecule has 2 aliphatic rings. The van der Waals surface area contributed by atoms with E-state index in [4.69, 9.17) is 0 Å². The second-order valence-electron chi connectivity index (χ2n) is 9.61. The summed E-state index contributed by atoms with van der Waals surface area (Å²) in [5.41, 5.74) is 7.07.